The molecule has 0 saturated carbocycles. The smallest absolute Gasteiger partial charge is 2.00 e. The second-order valence-electron chi connectivity index (χ2n) is 0. The molecule has 0 fully saturated rings. The molecule has 0 aromatic heterocycles. The van der Waals surface area contributed by atoms with Gasteiger partial charge in [0.15, 0.2) is 0 Å². The van der Waals surface area contributed by atoms with E-state index >= 15 is 0 Å². The third-order valence-electron chi connectivity index (χ3n) is 0. The summed E-state index contributed by atoms with van der Waals surface area (Å²) < 4.78 is 0. The average molecular weight is 339 g/mol. The minimum atomic E-state index is 0. The molecule has 6 heavy (non-hydrogen) atoms. The van der Waals surface area contributed by atoms with E-state index in [9.17, 15) is 0 Å². The summed E-state index contributed by atoms with van der Waals surface area (Å²) >= 11 is 0. The maximum absolute atomic E-state index is 0. The maximum Gasteiger partial charge on any atom is 4.00 e. The van der Waals surface area contributed by atoms with Crippen molar-refractivity contribution in [3.63, 3.8) is 0 Å². The van der Waals surface area contributed by atoms with E-state index in [2.05, 4.69) is 0 Å². The summed E-state index contributed by atoms with van der Waals surface area (Å²) in [6.07, 6.45) is 0. The van der Waals surface area contributed by atoms with Crippen molar-refractivity contribution in [2.75, 3.05) is 0 Å². The molecule has 6 heteroatoms. The molecule has 0 saturated heterocycles. The molecule has 0 heterocycles. The number of hydrogen-bond donors (Lipinski definition) is 0. The van der Waals surface area contributed by atoms with Crippen LogP contribution in [0.3, 0.4) is 0 Å². The van der Waals surface area contributed by atoms with Gasteiger partial charge in [-0.05, 0) is 0 Å². The number of rotatable bonds is 0. The average Bonchev–Trinajstić information content (AvgIpc) is 0. The molecule has 0 amide bonds. The minimum absolute atomic E-state index is 0. The van der Waals surface area contributed by atoms with Gasteiger partial charge in [-0.3, -0.25) is 0 Å². The van der Waals surface area contributed by atoms with Gasteiger partial charge < -0.3 is 21.9 Å². The first-order valence-electron chi connectivity index (χ1n) is 0. The topological polar surface area (TPSA) is 114 Å². The first kappa shape index (κ1) is 153. The zero-order valence-corrected chi connectivity index (χ0v) is 7.93. The van der Waals surface area contributed by atoms with Crippen molar-refractivity contribution < 1.29 is 69.2 Å². The van der Waals surface area contributed by atoms with E-state index in [0.717, 1.165) is 0 Å². The van der Waals surface area contributed by atoms with E-state index in [-0.39, 0.29) is 69.2 Å². The predicted molar refractivity (Wildman–Crippen MR) is 2.75 cm³/mol. The Bertz CT molecular complexity index is 7.51. The van der Waals surface area contributed by atoms with Crippen LogP contribution in [-0.2, 0) is 69.2 Å². The van der Waals surface area contributed by atoms with E-state index in [0.29, 0.717) is 0 Å². The fourth-order valence-electron chi connectivity index (χ4n) is 0. The van der Waals surface area contributed by atoms with E-state index in [1.165, 1.54) is 0 Å². The summed E-state index contributed by atoms with van der Waals surface area (Å²) in [6.45, 7) is 0. The normalized spacial score (nSPS) is 0. The molecule has 34 valence electrons. The van der Waals surface area contributed by atoms with E-state index in [4.69, 9.17) is 0 Å². The Hall–Kier alpha value is 1.41. The third kappa shape index (κ3) is 52.9. The second-order valence-corrected chi connectivity index (χ2v) is 0. The summed E-state index contributed by atoms with van der Waals surface area (Å²) in [7, 11) is 0. The van der Waals surface area contributed by atoms with Crippen molar-refractivity contribution >= 4 is 0 Å². The summed E-state index contributed by atoms with van der Waals surface area (Å²) in [4.78, 5) is 0. The monoisotopic (exact) mass is 338 g/mol. The Morgan fingerprint density at radius 3 is 0.500 bits per heavy atom. The van der Waals surface area contributed by atoms with Crippen molar-refractivity contribution in [3.05, 3.63) is 0 Å². The van der Waals surface area contributed by atoms with Crippen molar-refractivity contribution in [3.8, 4) is 0 Å². The molecule has 0 spiro atoms. The zero-order valence-electron chi connectivity index (χ0n) is 2.54. The SMILES string of the molecule is [O-2].[O-2].[O-2].[O-2].[W+4].[Zr+4]. The minimum Gasteiger partial charge on any atom is -2.00 e. The molecule has 0 N–H and O–H groups in total. The molecule has 0 rings (SSSR count). The summed E-state index contributed by atoms with van der Waals surface area (Å²) in [5.74, 6) is 0. The van der Waals surface area contributed by atoms with Gasteiger partial charge in [0.2, 0.25) is 0 Å². The van der Waals surface area contributed by atoms with E-state index in [1.54, 1.807) is 0 Å². The molecular formula is O4WZr. The molecule has 0 atom stereocenters. The van der Waals surface area contributed by atoms with Crippen LogP contribution in [0.5, 0.6) is 0 Å². The molecule has 0 aliphatic heterocycles. The van der Waals surface area contributed by atoms with E-state index in [1.807, 2.05) is 0 Å². The van der Waals surface area contributed by atoms with Crippen LogP contribution < -0.4 is 0 Å². The molecule has 0 unspecified atom stereocenters. The van der Waals surface area contributed by atoms with Gasteiger partial charge in [-0.2, -0.15) is 0 Å². The van der Waals surface area contributed by atoms with E-state index < -0.39 is 0 Å². The van der Waals surface area contributed by atoms with Crippen LogP contribution in [0.4, 0.5) is 0 Å². The summed E-state index contributed by atoms with van der Waals surface area (Å²) in [6, 6.07) is 0. The van der Waals surface area contributed by atoms with Crippen molar-refractivity contribution in [2.24, 2.45) is 0 Å². The van der Waals surface area contributed by atoms with Crippen LogP contribution in [-0.4, -0.2) is 0 Å². The largest absolute Gasteiger partial charge is 4.00 e. The standard InChI is InChI=1S/4O.W.Zr/q4*-2;2*+4. The van der Waals surface area contributed by atoms with Crippen molar-refractivity contribution in [1.82, 2.24) is 0 Å². The zero-order chi connectivity index (χ0) is 0. The first-order valence-corrected chi connectivity index (χ1v) is 0. The van der Waals surface area contributed by atoms with Gasteiger partial charge in [-0.1, -0.05) is 0 Å². The molecule has 0 aromatic rings. The Morgan fingerprint density at radius 1 is 0.500 bits per heavy atom. The molecule has 0 aromatic carbocycles. The summed E-state index contributed by atoms with van der Waals surface area (Å²) in [5, 5.41) is 0. The van der Waals surface area contributed by atoms with Gasteiger partial charge >= 0.3 is 47.3 Å². The fraction of sp³-hybridized carbons (Fsp3) is 0. The molecule has 0 radical (unpaired) electrons. The van der Waals surface area contributed by atoms with Crippen LogP contribution in [0.15, 0.2) is 0 Å². The van der Waals surface area contributed by atoms with Gasteiger partial charge in [0, 0.05) is 0 Å². The number of hydrogen-bond acceptors (Lipinski definition) is 0. The quantitative estimate of drug-likeness (QED) is 0.567. The molecule has 0 bridgehead atoms. The Kier molecular flexibility index (Phi) is 2400. The first-order chi connectivity index (χ1) is 0. The molecule has 0 aliphatic rings. The fourth-order valence-corrected chi connectivity index (χ4v) is 0. The predicted octanol–water partition coefficient (Wildman–Crippen LogP) is -0.480. The Labute approximate surface area is 68.9 Å². The summed E-state index contributed by atoms with van der Waals surface area (Å²) in [5.41, 5.74) is 0. The van der Waals surface area contributed by atoms with Crippen molar-refractivity contribution in [2.45, 2.75) is 0 Å². The van der Waals surface area contributed by atoms with Crippen LogP contribution >= 0.6 is 0 Å². The Morgan fingerprint density at radius 2 is 0.500 bits per heavy atom. The molecular weight excluding hydrogens is 339 g/mol. The van der Waals surface area contributed by atoms with Gasteiger partial charge in [-0.25, -0.2) is 0 Å². The van der Waals surface area contributed by atoms with Crippen LogP contribution in [0.1, 0.15) is 0 Å². The van der Waals surface area contributed by atoms with Crippen molar-refractivity contribution in [1.29, 1.82) is 0 Å². The molecule has 0 aliphatic carbocycles. The van der Waals surface area contributed by atoms with Gasteiger partial charge in [-0.15, -0.1) is 0 Å². The third-order valence-corrected chi connectivity index (χ3v) is 0. The van der Waals surface area contributed by atoms with Gasteiger partial charge in [0.25, 0.3) is 0 Å². The van der Waals surface area contributed by atoms with Crippen LogP contribution in [0.25, 0.3) is 0 Å². The maximum atomic E-state index is 0. The second kappa shape index (κ2) is 94.2. The van der Waals surface area contributed by atoms with Gasteiger partial charge in [0.1, 0.15) is 0 Å². The van der Waals surface area contributed by atoms with Gasteiger partial charge in [0.05, 0.1) is 0 Å². The van der Waals surface area contributed by atoms with Crippen LogP contribution in [0.2, 0.25) is 0 Å². The molecule has 4 nitrogen and oxygen atoms in total. The van der Waals surface area contributed by atoms with Crippen LogP contribution in [0, 0.1) is 0 Å². The Balaban J connectivity index is 0.